The molecule has 2 aromatic carbocycles. The van der Waals surface area contributed by atoms with Crippen molar-refractivity contribution in [2.45, 2.75) is 24.3 Å². The maximum atomic E-state index is 10.5. The lowest BCUT2D eigenvalue weighted by Gasteiger charge is -2.14. The number of halogens is 1. The van der Waals surface area contributed by atoms with Crippen molar-refractivity contribution in [3.8, 4) is 5.75 Å². The van der Waals surface area contributed by atoms with Crippen molar-refractivity contribution in [1.82, 2.24) is 0 Å². The zero-order valence-corrected chi connectivity index (χ0v) is 14.6. The van der Waals surface area contributed by atoms with E-state index in [9.17, 15) is 5.11 Å². The van der Waals surface area contributed by atoms with Gasteiger partial charge in [0.1, 0.15) is 11.9 Å². The molecule has 2 aromatic rings. The Bertz CT molecular complexity index is 584. The first kappa shape index (κ1) is 16.4. The molecule has 0 bridgehead atoms. The van der Waals surface area contributed by atoms with Crippen molar-refractivity contribution in [1.29, 1.82) is 0 Å². The molecule has 0 aliphatic carbocycles. The van der Waals surface area contributed by atoms with Crippen LogP contribution in [0.2, 0.25) is 0 Å². The van der Waals surface area contributed by atoms with E-state index in [1.54, 1.807) is 11.8 Å². The molecule has 1 atom stereocenters. The van der Waals surface area contributed by atoms with Crippen LogP contribution in [0.15, 0.2) is 51.8 Å². The highest BCUT2D eigenvalue weighted by Gasteiger charge is 2.12. The molecular formula is C17H19BrO2S. The highest BCUT2D eigenvalue weighted by molar-refractivity contribution is 9.10. The first-order chi connectivity index (χ1) is 10.2. The maximum absolute atomic E-state index is 10.5. The topological polar surface area (TPSA) is 29.5 Å². The van der Waals surface area contributed by atoms with Gasteiger partial charge in [-0.1, -0.05) is 25.1 Å². The molecule has 2 rings (SSSR count). The fourth-order valence-electron chi connectivity index (χ4n) is 1.99. The Morgan fingerprint density at radius 3 is 2.38 bits per heavy atom. The van der Waals surface area contributed by atoms with Gasteiger partial charge in [0.05, 0.1) is 11.1 Å². The SMILES string of the molecule is CCCOc1ccc(C(O)c2ccc(SC)cc2)cc1Br. The van der Waals surface area contributed by atoms with E-state index >= 15 is 0 Å². The van der Waals surface area contributed by atoms with E-state index < -0.39 is 6.10 Å². The third kappa shape index (κ3) is 4.25. The van der Waals surface area contributed by atoms with E-state index in [1.165, 1.54) is 4.90 Å². The van der Waals surface area contributed by atoms with Crippen LogP contribution < -0.4 is 4.74 Å². The average Bonchev–Trinajstić information content (AvgIpc) is 2.53. The van der Waals surface area contributed by atoms with Crippen LogP contribution in [-0.4, -0.2) is 18.0 Å². The summed E-state index contributed by atoms with van der Waals surface area (Å²) in [6.45, 7) is 2.76. The van der Waals surface area contributed by atoms with Crippen LogP contribution in [0.3, 0.4) is 0 Å². The first-order valence-electron chi connectivity index (χ1n) is 6.90. The van der Waals surface area contributed by atoms with Gasteiger partial charge in [-0.2, -0.15) is 0 Å². The monoisotopic (exact) mass is 366 g/mol. The largest absolute Gasteiger partial charge is 0.492 e. The molecule has 0 saturated heterocycles. The third-order valence-electron chi connectivity index (χ3n) is 3.16. The number of hydrogen-bond acceptors (Lipinski definition) is 3. The minimum Gasteiger partial charge on any atom is -0.492 e. The summed E-state index contributed by atoms with van der Waals surface area (Å²) in [6, 6.07) is 13.7. The Hall–Kier alpha value is -0.970. The molecule has 0 amide bonds. The number of aliphatic hydroxyl groups excluding tert-OH is 1. The molecule has 4 heteroatoms. The van der Waals surface area contributed by atoms with Crippen LogP contribution in [-0.2, 0) is 0 Å². The van der Waals surface area contributed by atoms with Crippen LogP contribution in [0.25, 0.3) is 0 Å². The molecule has 2 nitrogen and oxygen atoms in total. The molecule has 112 valence electrons. The van der Waals surface area contributed by atoms with Gasteiger partial charge in [-0.05, 0) is 64.0 Å². The number of aliphatic hydroxyl groups is 1. The van der Waals surface area contributed by atoms with E-state index in [-0.39, 0.29) is 0 Å². The van der Waals surface area contributed by atoms with E-state index in [1.807, 2.05) is 48.7 Å². The van der Waals surface area contributed by atoms with Crippen LogP contribution >= 0.6 is 27.7 Å². The lowest BCUT2D eigenvalue weighted by Crippen LogP contribution is -2.01. The highest BCUT2D eigenvalue weighted by Crippen LogP contribution is 2.31. The van der Waals surface area contributed by atoms with Gasteiger partial charge in [0.2, 0.25) is 0 Å². The average molecular weight is 367 g/mol. The number of benzene rings is 2. The van der Waals surface area contributed by atoms with Gasteiger partial charge in [-0.15, -0.1) is 11.8 Å². The van der Waals surface area contributed by atoms with Crippen LogP contribution in [0.1, 0.15) is 30.6 Å². The van der Waals surface area contributed by atoms with E-state index in [4.69, 9.17) is 4.74 Å². The maximum Gasteiger partial charge on any atom is 0.133 e. The van der Waals surface area contributed by atoms with Gasteiger partial charge in [0.25, 0.3) is 0 Å². The lowest BCUT2D eigenvalue weighted by atomic mass is 10.0. The minimum atomic E-state index is -0.627. The highest BCUT2D eigenvalue weighted by atomic mass is 79.9. The van der Waals surface area contributed by atoms with Gasteiger partial charge >= 0.3 is 0 Å². The second-order valence-corrected chi connectivity index (χ2v) is 6.45. The van der Waals surface area contributed by atoms with E-state index in [0.29, 0.717) is 6.61 Å². The standard InChI is InChI=1S/C17H19BrO2S/c1-3-10-20-16-9-6-13(11-15(16)18)17(19)12-4-7-14(21-2)8-5-12/h4-9,11,17,19H,3,10H2,1-2H3. The van der Waals surface area contributed by atoms with Gasteiger partial charge in [-0.25, -0.2) is 0 Å². The van der Waals surface area contributed by atoms with Crippen LogP contribution in [0.5, 0.6) is 5.75 Å². The van der Waals surface area contributed by atoms with Gasteiger partial charge < -0.3 is 9.84 Å². The Morgan fingerprint density at radius 1 is 1.14 bits per heavy atom. The Labute approximate surface area is 138 Å². The van der Waals surface area contributed by atoms with E-state index in [2.05, 4.69) is 22.9 Å². The minimum absolute atomic E-state index is 0.627. The number of thioether (sulfide) groups is 1. The van der Waals surface area contributed by atoms with Crippen molar-refractivity contribution in [2.24, 2.45) is 0 Å². The summed E-state index contributed by atoms with van der Waals surface area (Å²) in [6.07, 6.45) is 2.38. The fourth-order valence-corrected chi connectivity index (χ4v) is 2.91. The molecule has 1 unspecified atom stereocenters. The lowest BCUT2D eigenvalue weighted by molar-refractivity contribution is 0.220. The molecule has 0 aliphatic rings. The molecule has 0 fully saturated rings. The predicted octanol–water partition coefficient (Wildman–Crippen LogP) is 5.04. The number of hydrogen-bond donors (Lipinski definition) is 1. The van der Waals surface area contributed by atoms with Crippen LogP contribution in [0, 0.1) is 0 Å². The normalized spacial score (nSPS) is 12.2. The zero-order chi connectivity index (χ0) is 15.2. The smallest absolute Gasteiger partial charge is 0.133 e. The van der Waals surface area contributed by atoms with Gasteiger partial charge in [0.15, 0.2) is 0 Å². The second-order valence-electron chi connectivity index (χ2n) is 4.71. The van der Waals surface area contributed by atoms with E-state index in [0.717, 1.165) is 27.8 Å². The van der Waals surface area contributed by atoms with Crippen molar-refractivity contribution >= 4 is 27.7 Å². The Kier molecular flexibility index (Phi) is 6.15. The second kappa shape index (κ2) is 7.87. The molecule has 1 N–H and O–H groups in total. The third-order valence-corrected chi connectivity index (χ3v) is 4.53. The molecular weight excluding hydrogens is 348 g/mol. The summed E-state index contributed by atoms with van der Waals surface area (Å²) in [5.41, 5.74) is 1.74. The van der Waals surface area contributed by atoms with Crippen molar-refractivity contribution in [2.75, 3.05) is 12.9 Å². The number of rotatable bonds is 6. The summed E-state index contributed by atoms with van der Waals surface area (Å²) >= 11 is 5.19. The zero-order valence-electron chi connectivity index (χ0n) is 12.2. The summed E-state index contributed by atoms with van der Waals surface area (Å²) in [5.74, 6) is 0.811. The number of ether oxygens (including phenoxy) is 1. The molecule has 0 saturated carbocycles. The molecule has 0 heterocycles. The molecule has 21 heavy (non-hydrogen) atoms. The molecule has 0 aromatic heterocycles. The van der Waals surface area contributed by atoms with Crippen molar-refractivity contribution in [3.63, 3.8) is 0 Å². The molecule has 0 aliphatic heterocycles. The fraction of sp³-hybridized carbons (Fsp3) is 0.294. The van der Waals surface area contributed by atoms with Crippen molar-refractivity contribution < 1.29 is 9.84 Å². The quantitative estimate of drug-likeness (QED) is 0.726. The summed E-state index contributed by atoms with van der Waals surface area (Å²) in [5, 5.41) is 10.5. The summed E-state index contributed by atoms with van der Waals surface area (Å²) in [4.78, 5) is 1.19. The van der Waals surface area contributed by atoms with Gasteiger partial charge in [0, 0.05) is 4.90 Å². The van der Waals surface area contributed by atoms with Gasteiger partial charge in [-0.3, -0.25) is 0 Å². The van der Waals surface area contributed by atoms with Crippen LogP contribution in [0.4, 0.5) is 0 Å². The first-order valence-corrected chi connectivity index (χ1v) is 8.91. The Morgan fingerprint density at radius 2 is 1.81 bits per heavy atom. The molecule has 0 spiro atoms. The predicted molar refractivity (Wildman–Crippen MR) is 92.2 cm³/mol. The summed E-state index contributed by atoms with van der Waals surface area (Å²) in [7, 11) is 0. The Balaban J connectivity index is 2.18. The molecule has 0 radical (unpaired) electrons. The summed E-state index contributed by atoms with van der Waals surface area (Å²) < 4.78 is 6.49. The van der Waals surface area contributed by atoms with Crippen molar-refractivity contribution in [3.05, 3.63) is 58.1 Å².